The van der Waals surface area contributed by atoms with Crippen LogP contribution in [0.3, 0.4) is 0 Å². The lowest BCUT2D eigenvalue weighted by Gasteiger charge is -2.18. The van der Waals surface area contributed by atoms with Gasteiger partial charge in [0, 0.05) is 12.4 Å². The highest BCUT2D eigenvalue weighted by molar-refractivity contribution is 5.25. The maximum atomic E-state index is 4.18. The van der Waals surface area contributed by atoms with Crippen molar-refractivity contribution in [2.24, 2.45) is 0 Å². The number of unbranched alkanes of at least 4 members (excludes halogenated alkanes) is 2. The van der Waals surface area contributed by atoms with Gasteiger partial charge in [0.05, 0.1) is 12.4 Å². The molecule has 1 aromatic carbocycles. The number of imidazole rings is 1. The third-order valence-corrected chi connectivity index (χ3v) is 3.88. The summed E-state index contributed by atoms with van der Waals surface area (Å²) in [5.74, 6) is 0. The van der Waals surface area contributed by atoms with Crippen LogP contribution < -0.4 is 0 Å². The van der Waals surface area contributed by atoms with Gasteiger partial charge in [0.15, 0.2) is 0 Å². The average molecular weight is 270 g/mol. The van der Waals surface area contributed by atoms with Gasteiger partial charge in [0.25, 0.3) is 0 Å². The summed E-state index contributed by atoms with van der Waals surface area (Å²) in [6, 6.07) is 9.60. The molecule has 0 N–H and O–H groups in total. The summed E-state index contributed by atoms with van der Waals surface area (Å²) in [5, 5.41) is 0. The Balaban J connectivity index is 2.06. The minimum Gasteiger partial charge on any atom is -0.330 e. The molecule has 0 aliphatic carbocycles. The summed E-state index contributed by atoms with van der Waals surface area (Å²) in [5.41, 5.74) is 2.85. The predicted molar refractivity (Wildman–Crippen MR) is 84.9 cm³/mol. The highest BCUT2D eigenvalue weighted by atomic mass is 15.0. The zero-order valence-electron chi connectivity index (χ0n) is 12.8. The fraction of sp³-hybridized carbons (Fsp3) is 0.500. The van der Waals surface area contributed by atoms with Crippen LogP contribution in [-0.4, -0.2) is 9.55 Å². The second kappa shape index (κ2) is 7.88. The van der Waals surface area contributed by atoms with Gasteiger partial charge in [0.2, 0.25) is 0 Å². The first-order chi connectivity index (χ1) is 9.85. The molecule has 20 heavy (non-hydrogen) atoms. The van der Waals surface area contributed by atoms with E-state index in [1.54, 1.807) is 0 Å². The van der Waals surface area contributed by atoms with Crippen molar-refractivity contribution in [2.45, 2.75) is 58.4 Å². The molecule has 2 aromatic rings. The quantitative estimate of drug-likeness (QED) is 0.617. The van der Waals surface area contributed by atoms with Crippen molar-refractivity contribution in [1.29, 1.82) is 0 Å². The molecular weight excluding hydrogens is 244 g/mol. The van der Waals surface area contributed by atoms with Crippen LogP contribution in [0.5, 0.6) is 0 Å². The van der Waals surface area contributed by atoms with E-state index in [2.05, 4.69) is 53.9 Å². The van der Waals surface area contributed by atoms with Crippen molar-refractivity contribution in [3.05, 3.63) is 54.1 Å². The van der Waals surface area contributed by atoms with E-state index in [1.807, 2.05) is 12.5 Å². The van der Waals surface area contributed by atoms with Gasteiger partial charge >= 0.3 is 0 Å². The van der Waals surface area contributed by atoms with Crippen LogP contribution in [0.2, 0.25) is 0 Å². The van der Waals surface area contributed by atoms with Crippen molar-refractivity contribution in [3.63, 3.8) is 0 Å². The summed E-state index contributed by atoms with van der Waals surface area (Å²) in [4.78, 5) is 4.18. The molecule has 2 rings (SSSR count). The Labute approximate surface area is 122 Å². The number of aryl methyl sites for hydroxylation is 1. The second-order valence-corrected chi connectivity index (χ2v) is 5.51. The summed E-state index contributed by atoms with van der Waals surface area (Å²) in [6.45, 7) is 4.49. The van der Waals surface area contributed by atoms with Gasteiger partial charge in [-0.15, -0.1) is 0 Å². The number of rotatable bonds is 8. The lowest BCUT2D eigenvalue weighted by molar-refractivity contribution is 0.532. The van der Waals surface area contributed by atoms with Gasteiger partial charge in [-0.2, -0.15) is 0 Å². The normalized spacial score (nSPS) is 12.5. The van der Waals surface area contributed by atoms with Crippen LogP contribution in [-0.2, 0) is 6.42 Å². The highest BCUT2D eigenvalue weighted by Gasteiger charge is 2.11. The molecular formula is C18H26N2. The number of benzene rings is 1. The summed E-state index contributed by atoms with van der Waals surface area (Å²) >= 11 is 0. The van der Waals surface area contributed by atoms with Gasteiger partial charge < -0.3 is 4.57 Å². The van der Waals surface area contributed by atoms with Crippen LogP contribution in [0.25, 0.3) is 0 Å². The van der Waals surface area contributed by atoms with Crippen molar-refractivity contribution >= 4 is 0 Å². The molecule has 0 fully saturated rings. The molecule has 2 heteroatoms. The monoisotopic (exact) mass is 270 g/mol. The minimum atomic E-state index is 0.423. The molecule has 0 aliphatic heterocycles. The van der Waals surface area contributed by atoms with E-state index in [1.165, 1.54) is 43.2 Å². The van der Waals surface area contributed by atoms with E-state index < -0.39 is 0 Å². The molecule has 0 amide bonds. The fourth-order valence-corrected chi connectivity index (χ4v) is 2.70. The first kappa shape index (κ1) is 14.8. The first-order valence-electron chi connectivity index (χ1n) is 7.91. The van der Waals surface area contributed by atoms with Gasteiger partial charge in [-0.3, -0.25) is 0 Å². The van der Waals surface area contributed by atoms with Gasteiger partial charge in [-0.25, -0.2) is 4.98 Å². The van der Waals surface area contributed by atoms with E-state index in [-0.39, 0.29) is 0 Å². The van der Waals surface area contributed by atoms with E-state index in [9.17, 15) is 0 Å². The van der Waals surface area contributed by atoms with Crippen LogP contribution >= 0.6 is 0 Å². The molecule has 2 nitrogen and oxygen atoms in total. The van der Waals surface area contributed by atoms with Crippen LogP contribution in [0.1, 0.15) is 63.1 Å². The predicted octanol–water partition coefficient (Wildman–Crippen LogP) is 5.01. The van der Waals surface area contributed by atoms with E-state index in [0.29, 0.717) is 6.04 Å². The lowest BCUT2D eigenvalue weighted by atomic mass is 9.99. The van der Waals surface area contributed by atoms with Crippen LogP contribution in [0.4, 0.5) is 0 Å². The average Bonchev–Trinajstić information content (AvgIpc) is 3.00. The summed E-state index contributed by atoms with van der Waals surface area (Å²) in [6.07, 6.45) is 13.3. The fourth-order valence-electron chi connectivity index (χ4n) is 2.70. The van der Waals surface area contributed by atoms with Crippen LogP contribution in [0.15, 0.2) is 43.0 Å². The molecule has 0 bridgehead atoms. The molecule has 0 saturated carbocycles. The number of aromatic nitrogens is 2. The van der Waals surface area contributed by atoms with Gasteiger partial charge in [-0.05, 0) is 30.4 Å². The molecule has 108 valence electrons. The third kappa shape index (κ3) is 3.96. The number of nitrogens with zero attached hydrogens (tertiary/aromatic N) is 2. The Morgan fingerprint density at radius 2 is 1.85 bits per heavy atom. The lowest BCUT2D eigenvalue weighted by Crippen LogP contribution is -2.08. The third-order valence-electron chi connectivity index (χ3n) is 3.88. The van der Waals surface area contributed by atoms with Crippen molar-refractivity contribution in [2.75, 3.05) is 0 Å². The topological polar surface area (TPSA) is 17.8 Å². The zero-order valence-corrected chi connectivity index (χ0v) is 12.8. The largest absolute Gasteiger partial charge is 0.330 e. The van der Waals surface area contributed by atoms with Gasteiger partial charge in [0.1, 0.15) is 0 Å². The molecule has 1 unspecified atom stereocenters. The molecule has 0 radical (unpaired) electrons. The number of hydrogen-bond acceptors (Lipinski definition) is 1. The zero-order chi connectivity index (χ0) is 14.2. The molecule has 0 aliphatic rings. The summed E-state index contributed by atoms with van der Waals surface area (Å²) < 4.78 is 2.22. The highest BCUT2D eigenvalue weighted by Crippen LogP contribution is 2.24. The maximum absolute atomic E-state index is 4.18. The van der Waals surface area contributed by atoms with Crippen molar-refractivity contribution in [3.8, 4) is 0 Å². The van der Waals surface area contributed by atoms with E-state index in [0.717, 1.165) is 6.42 Å². The van der Waals surface area contributed by atoms with Gasteiger partial charge in [-0.1, -0.05) is 57.4 Å². The number of hydrogen-bond donors (Lipinski definition) is 0. The molecule has 1 aromatic heterocycles. The smallest absolute Gasteiger partial charge is 0.0951 e. The van der Waals surface area contributed by atoms with E-state index >= 15 is 0 Å². The summed E-state index contributed by atoms with van der Waals surface area (Å²) in [7, 11) is 0. The Hall–Kier alpha value is -1.57. The Morgan fingerprint density at radius 1 is 1.05 bits per heavy atom. The molecule has 1 atom stereocenters. The maximum Gasteiger partial charge on any atom is 0.0951 e. The van der Waals surface area contributed by atoms with Crippen molar-refractivity contribution in [1.82, 2.24) is 9.55 Å². The SMILES string of the molecule is CCCCCc1ccc(C(CCC)n2ccnc2)cc1. The molecule has 1 heterocycles. The Kier molecular flexibility index (Phi) is 5.85. The molecule has 0 saturated heterocycles. The van der Waals surface area contributed by atoms with E-state index in [4.69, 9.17) is 0 Å². The standard InChI is InChI=1S/C18H26N2/c1-3-5-6-8-16-9-11-17(12-10-16)18(7-4-2)20-14-13-19-15-20/h9-15,18H,3-8H2,1-2H3. The van der Waals surface area contributed by atoms with Crippen LogP contribution in [0, 0.1) is 0 Å². The second-order valence-electron chi connectivity index (χ2n) is 5.51. The Bertz CT molecular complexity index is 471. The Morgan fingerprint density at radius 3 is 2.45 bits per heavy atom. The van der Waals surface area contributed by atoms with Crippen molar-refractivity contribution < 1.29 is 0 Å². The first-order valence-corrected chi connectivity index (χ1v) is 7.91. The molecule has 0 spiro atoms. The minimum absolute atomic E-state index is 0.423.